The minimum Gasteiger partial charge on any atom is -0.363 e. The minimum atomic E-state index is -4.51. The zero-order chi connectivity index (χ0) is 14.8. The number of halogens is 3. The Balaban J connectivity index is 2.18. The standard InChI is InChI=1S/C11H12F3N5S/c1-6-5-20-9(17-6)4-16-8-3-7(11(12,13)14)18-10(15-2)19-8/h3,5H,4H2,1-2H3,(H2,15,16,18,19). The highest BCUT2D eigenvalue weighted by Crippen LogP contribution is 2.29. The quantitative estimate of drug-likeness (QED) is 0.909. The molecule has 108 valence electrons. The van der Waals surface area contributed by atoms with Gasteiger partial charge in [-0.05, 0) is 6.92 Å². The van der Waals surface area contributed by atoms with Crippen molar-refractivity contribution in [3.8, 4) is 0 Å². The molecule has 0 aromatic carbocycles. The van der Waals surface area contributed by atoms with Crippen LogP contribution in [0.15, 0.2) is 11.4 Å². The molecular weight excluding hydrogens is 291 g/mol. The largest absolute Gasteiger partial charge is 0.433 e. The number of alkyl halides is 3. The second-order valence-electron chi connectivity index (χ2n) is 3.95. The van der Waals surface area contributed by atoms with Crippen LogP contribution in [0.4, 0.5) is 24.9 Å². The van der Waals surface area contributed by atoms with E-state index in [0.717, 1.165) is 16.8 Å². The molecule has 2 aromatic rings. The Kier molecular flexibility index (Phi) is 4.07. The molecule has 0 spiro atoms. The first-order chi connectivity index (χ1) is 9.38. The topological polar surface area (TPSA) is 62.7 Å². The minimum absolute atomic E-state index is 0.0855. The molecule has 2 rings (SSSR count). The van der Waals surface area contributed by atoms with Gasteiger partial charge in [0.05, 0.1) is 6.54 Å². The van der Waals surface area contributed by atoms with Crippen LogP contribution in [0.1, 0.15) is 16.4 Å². The van der Waals surface area contributed by atoms with Gasteiger partial charge in [-0.2, -0.15) is 18.2 Å². The van der Waals surface area contributed by atoms with Gasteiger partial charge in [0.15, 0.2) is 5.69 Å². The summed E-state index contributed by atoms with van der Waals surface area (Å²) >= 11 is 1.43. The molecule has 5 nitrogen and oxygen atoms in total. The van der Waals surface area contributed by atoms with Gasteiger partial charge in [0, 0.05) is 24.2 Å². The third kappa shape index (κ3) is 3.56. The maximum absolute atomic E-state index is 12.7. The molecule has 0 aliphatic rings. The number of hydrogen-bond acceptors (Lipinski definition) is 6. The number of aryl methyl sites for hydroxylation is 1. The molecule has 0 aliphatic carbocycles. The molecule has 2 heterocycles. The van der Waals surface area contributed by atoms with E-state index in [9.17, 15) is 13.2 Å². The van der Waals surface area contributed by atoms with Crippen molar-refractivity contribution >= 4 is 23.1 Å². The summed E-state index contributed by atoms with van der Waals surface area (Å²) in [5.74, 6) is 0.0159. The van der Waals surface area contributed by atoms with Crippen LogP contribution in [0.5, 0.6) is 0 Å². The number of rotatable bonds is 4. The zero-order valence-corrected chi connectivity index (χ0v) is 11.6. The van der Waals surface area contributed by atoms with Gasteiger partial charge >= 0.3 is 6.18 Å². The van der Waals surface area contributed by atoms with Crippen LogP contribution in [0.25, 0.3) is 0 Å². The van der Waals surface area contributed by atoms with Crippen LogP contribution >= 0.6 is 11.3 Å². The van der Waals surface area contributed by atoms with E-state index in [4.69, 9.17) is 0 Å². The van der Waals surface area contributed by atoms with Crippen LogP contribution in [0, 0.1) is 6.92 Å². The molecule has 2 aromatic heterocycles. The van der Waals surface area contributed by atoms with Gasteiger partial charge < -0.3 is 10.6 Å². The smallest absolute Gasteiger partial charge is 0.363 e. The Morgan fingerprint density at radius 1 is 1.25 bits per heavy atom. The lowest BCUT2D eigenvalue weighted by atomic mass is 10.3. The fraction of sp³-hybridized carbons (Fsp3) is 0.364. The molecule has 0 radical (unpaired) electrons. The van der Waals surface area contributed by atoms with E-state index in [1.54, 1.807) is 0 Å². The molecule has 0 aliphatic heterocycles. The lowest BCUT2D eigenvalue weighted by Crippen LogP contribution is -2.13. The zero-order valence-electron chi connectivity index (χ0n) is 10.7. The molecule has 20 heavy (non-hydrogen) atoms. The molecule has 0 saturated heterocycles. The van der Waals surface area contributed by atoms with Crippen LogP contribution in [0.3, 0.4) is 0 Å². The maximum Gasteiger partial charge on any atom is 0.433 e. The van der Waals surface area contributed by atoms with Crippen LogP contribution in [-0.4, -0.2) is 22.0 Å². The van der Waals surface area contributed by atoms with Gasteiger partial charge in [-0.25, -0.2) is 9.97 Å². The summed E-state index contributed by atoms with van der Waals surface area (Å²) in [6.45, 7) is 2.17. The Bertz CT molecular complexity index is 596. The summed E-state index contributed by atoms with van der Waals surface area (Å²) in [6, 6.07) is 0.876. The van der Waals surface area contributed by atoms with Crippen molar-refractivity contribution in [1.82, 2.24) is 15.0 Å². The monoisotopic (exact) mass is 303 g/mol. The van der Waals surface area contributed by atoms with Gasteiger partial charge in [0.2, 0.25) is 5.95 Å². The van der Waals surface area contributed by atoms with Crippen LogP contribution in [-0.2, 0) is 12.7 Å². The van der Waals surface area contributed by atoms with Crippen molar-refractivity contribution in [3.63, 3.8) is 0 Å². The second-order valence-corrected chi connectivity index (χ2v) is 4.89. The number of aromatic nitrogens is 3. The van der Waals surface area contributed by atoms with Crippen molar-refractivity contribution in [2.45, 2.75) is 19.6 Å². The number of anilines is 2. The SMILES string of the molecule is CNc1nc(NCc2nc(C)cs2)cc(C(F)(F)F)n1. The first-order valence-electron chi connectivity index (χ1n) is 5.67. The van der Waals surface area contributed by atoms with Crippen molar-refractivity contribution in [1.29, 1.82) is 0 Å². The third-order valence-corrected chi connectivity index (χ3v) is 3.29. The Morgan fingerprint density at radius 2 is 2.00 bits per heavy atom. The van der Waals surface area contributed by atoms with Crippen LogP contribution < -0.4 is 10.6 Å². The van der Waals surface area contributed by atoms with Crippen molar-refractivity contribution in [2.24, 2.45) is 0 Å². The molecule has 0 fully saturated rings. The Hall–Kier alpha value is -1.90. The summed E-state index contributed by atoms with van der Waals surface area (Å²) in [4.78, 5) is 11.5. The number of hydrogen-bond donors (Lipinski definition) is 2. The van der Waals surface area contributed by atoms with Gasteiger partial charge in [-0.15, -0.1) is 11.3 Å². The summed E-state index contributed by atoms with van der Waals surface area (Å²) in [5, 5.41) is 7.98. The fourth-order valence-corrected chi connectivity index (χ4v) is 2.16. The highest BCUT2D eigenvalue weighted by atomic mass is 32.1. The Labute approximate surface area is 117 Å². The summed E-state index contributed by atoms with van der Waals surface area (Å²) < 4.78 is 38.1. The average Bonchev–Trinajstić information content (AvgIpc) is 2.81. The van der Waals surface area contributed by atoms with Crippen LogP contribution in [0.2, 0.25) is 0 Å². The highest BCUT2D eigenvalue weighted by Gasteiger charge is 2.33. The summed E-state index contributed by atoms with van der Waals surface area (Å²) in [5.41, 5.74) is -0.115. The predicted octanol–water partition coefficient (Wildman–Crippen LogP) is 2.91. The van der Waals surface area contributed by atoms with Gasteiger partial charge in [-0.3, -0.25) is 0 Å². The van der Waals surface area contributed by atoms with E-state index in [-0.39, 0.29) is 11.8 Å². The maximum atomic E-state index is 12.7. The molecule has 0 bridgehead atoms. The first kappa shape index (κ1) is 14.5. The van der Waals surface area contributed by atoms with E-state index in [0.29, 0.717) is 6.54 Å². The summed E-state index contributed by atoms with van der Waals surface area (Å²) in [6.07, 6.45) is -4.51. The second kappa shape index (κ2) is 5.61. The molecule has 0 saturated carbocycles. The Morgan fingerprint density at radius 3 is 2.55 bits per heavy atom. The lowest BCUT2D eigenvalue weighted by molar-refractivity contribution is -0.141. The van der Waals surface area contributed by atoms with Gasteiger partial charge in [-0.1, -0.05) is 0 Å². The number of thiazole rings is 1. The van der Waals surface area contributed by atoms with E-state index in [1.165, 1.54) is 18.4 Å². The van der Waals surface area contributed by atoms with E-state index in [1.807, 2.05) is 12.3 Å². The van der Waals surface area contributed by atoms with Gasteiger partial charge in [0.25, 0.3) is 0 Å². The van der Waals surface area contributed by atoms with Crippen molar-refractivity contribution in [3.05, 3.63) is 27.8 Å². The highest BCUT2D eigenvalue weighted by molar-refractivity contribution is 7.09. The predicted molar refractivity (Wildman–Crippen MR) is 70.8 cm³/mol. The molecule has 0 unspecified atom stereocenters. The average molecular weight is 303 g/mol. The normalized spacial score (nSPS) is 11.4. The van der Waals surface area contributed by atoms with E-state index in [2.05, 4.69) is 25.6 Å². The first-order valence-corrected chi connectivity index (χ1v) is 6.55. The summed E-state index contributed by atoms with van der Waals surface area (Å²) in [7, 11) is 1.46. The third-order valence-electron chi connectivity index (χ3n) is 2.33. The van der Waals surface area contributed by atoms with Gasteiger partial charge in [0.1, 0.15) is 10.8 Å². The number of nitrogens with zero attached hydrogens (tertiary/aromatic N) is 3. The van der Waals surface area contributed by atoms with Crippen molar-refractivity contribution < 1.29 is 13.2 Å². The molecule has 0 atom stereocenters. The molecule has 9 heteroatoms. The number of nitrogens with one attached hydrogen (secondary N) is 2. The van der Waals surface area contributed by atoms with E-state index >= 15 is 0 Å². The molecular formula is C11H12F3N5S. The van der Waals surface area contributed by atoms with Crippen molar-refractivity contribution in [2.75, 3.05) is 17.7 Å². The van der Waals surface area contributed by atoms with E-state index < -0.39 is 11.9 Å². The molecule has 0 amide bonds. The lowest BCUT2D eigenvalue weighted by Gasteiger charge is -2.10. The molecule has 2 N–H and O–H groups in total. The fourth-order valence-electron chi connectivity index (χ4n) is 1.44.